The Kier molecular flexibility index (Phi) is 7.29. The van der Waals surface area contributed by atoms with Crippen LogP contribution in [0.25, 0.3) is 0 Å². The molecule has 1 heterocycles. The van der Waals surface area contributed by atoms with Gasteiger partial charge in [0.05, 0.1) is 6.61 Å². The first kappa shape index (κ1) is 18.9. The van der Waals surface area contributed by atoms with E-state index >= 15 is 0 Å². The van der Waals surface area contributed by atoms with Crippen molar-refractivity contribution in [3.63, 3.8) is 0 Å². The van der Waals surface area contributed by atoms with Crippen molar-refractivity contribution in [2.75, 3.05) is 26.4 Å². The maximum Gasteiger partial charge on any atom is 0.334 e. The Bertz CT molecular complexity index is 369. The van der Waals surface area contributed by atoms with Crippen LogP contribution in [-0.4, -0.2) is 49.4 Å². The smallest absolute Gasteiger partial charge is 0.334 e. The van der Waals surface area contributed by atoms with Gasteiger partial charge in [0.15, 0.2) is 5.54 Å². The van der Waals surface area contributed by atoms with E-state index in [1.165, 1.54) is 0 Å². The number of esters is 1. The van der Waals surface area contributed by atoms with Crippen molar-refractivity contribution in [1.82, 2.24) is 5.32 Å². The highest BCUT2D eigenvalue weighted by molar-refractivity contribution is 5.89. The monoisotopic (exact) mass is 315 g/mol. The van der Waals surface area contributed by atoms with Gasteiger partial charge >= 0.3 is 5.97 Å². The highest BCUT2D eigenvalue weighted by atomic mass is 16.6. The van der Waals surface area contributed by atoms with Crippen LogP contribution in [0.1, 0.15) is 53.4 Å². The molecule has 1 aliphatic heterocycles. The van der Waals surface area contributed by atoms with Crippen LogP contribution in [0.5, 0.6) is 0 Å². The summed E-state index contributed by atoms with van der Waals surface area (Å²) >= 11 is 0. The molecule has 1 saturated heterocycles. The number of ether oxygens (including phenoxy) is 3. The Morgan fingerprint density at radius 1 is 1.27 bits per heavy atom. The lowest BCUT2D eigenvalue weighted by molar-refractivity contribution is -0.165. The summed E-state index contributed by atoms with van der Waals surface area (Å²) in [7, 11) is 0. The Balaban J connectivity index is 2.49. The first-order chi connectivity index (χ1) is 10.3. The Morgan fingerprint density at radius 2 is 2.00 bits per heavy atom. The van der Waals surface area contributed by atoms with Crippen LogP contribution >= 0.6 is 0 Å². The second-order valence-corrected chi connectivity index (χ2v) is 6.69. The highest BCUT2D eigenvalue weighted by Gasteiger charge is 2.46. The molecule has 128 valence electrons. The molecule has 1 N–H and O–H groups in total. The zero-order chi connectivity index (χ0) is 16.6. The van der Waals surface area contributed by atoms with E-state index in [-0.39, 0.29) is 19.1 Å². The average Bonchev–Trinajstić information content (AvgIpc) is 2.86. The Labute approximate surface area is 132 Å². The van der Waals surface area contributed by atoms with Crippen molar-refractivity contribution in [1.29, 1.82) is 0 Å². The maximum atomic E-state index is 12.4. The van der Waals surface area contributed by atoms with Gasteiger partial charge in [-0.2, -0.15) is 0 Å². The minimum absolute atomic E-state index is 0.0474. The summed E-state index contributed by atoms with van der Waals surface area (Å²) in [6.45, 7) is 8.58. The number of rotatable bonds is 8. The molecule has 0 aromatic rings. The van der Waals surface area contributed by atoms with Gasteiger partial charge in [-0.1, -0.05) is 19.8 Å². The summed E-state index contributed by atoms with van der Waals surface area (Å²) in [5.41, 5.74) is -1.69. The molecule has 1 atom stereocenters. The molecule has 0 saturated carbocycles. The van der Waals surface area contributed by atoms with Gasteiger partial charge in [-0.25, -0.2) is 4.79 Å². The van der Waals surface area contributed by atoms with Crippen molar-refractivity contribution in [3.05, 3.63) is 0 Å². The van der Waals surface area contributed by atoms with E-state index in [1.54, 1.807) is 20.8 Å². The zero-order valence-electron chi connectivity index (χ0n) is 14.2. The molecule has 0 aromatic carbocycles. The lowest BCUT2D eigenvalue weighted by atomic mass is 9.98. The Hall–Kier alpha value is -1.14. The van der Waals surface area contributed by atoms with Crippen LogP contribution in [0.2, 0.25) is 0 Å². The number of carbonyl (C=O) groups excluding carboxylic acids is 2. The molecule has 1 rings (SSSR count). The van der Waals surface area contributed by atoms with E-state index in [1.807, 2.05) is 0 Å². The first-order valence-corrected chi connectivity index (χ1v) is 7.99. The molecule has 1 fully saturated rings. The summed E-state index contributed by atoms with van der Waals surface area (Å²) < 4.78 is 16.0. The van der Waals surface area contributed by atoms with Gasteiger partial charge in [-0.15, -0.1) is 0 Å². The van der Waals surface area contributed by atoms with Gasteiger partial charge in [0, 0.05) is 19.6 Å². The minimum atomic E-state index is -1.09. The quantitative estimate of drug-likeness (QED) is 0.546. The van der Waals surface area contributed by atoms with E-state index in [0.29, 0.717) is 19.6 Å². The maximum absolute atomic E-state index is 12.4. The number of carbonyl (C=O) groups is 2. The van der Waals surface area contributed by atoms with Gasteiger partial charge in [-0.3, -0.25) is 4.79 Å². The van der Waals surface area contributed by atoms with E-state index in [0.717, 1.165) is 19.3 Å². The second-order valence-electron chi connectivity index (χ2n) is 6.69. The third-order valence-electron chi connectivity index (χ3n) is 3.32. The number of hydrogen-bond donors (Lipinski definition) is 1. The molecule has 0 aromatic heterocycles. The molecule has 1 unspecified atom stereocenters. The molecule has 0 spiro atoms. The van der Waals surface area contributed by atoms with Crippen LogP contribution < -0.4 is 5.32 Å². The number of nitrogens with one attached hydrogen (secondary N) is 1. The third-order valence-corrected chi connectivity index (χ3v) is 3.32. The fourth-order valence-electron chi connectivity index (χ4n) is 2.17. The predicted octanol–water partition coefficient (Wildman–Crippen LogP) is 1.81. The molecule has 1 amide bonds. The normalized spacial score (nSPS) is 21.6. The molecular weight excluding hydrogens is 286 g/mol. The molecule has 0 radical (unpaired) electrons. The van der Waals surface area contributed by atoms with E-state index in [2.05, 4.69) is 12.2 Å². The second kappa shape index (κ2) is 8.48. The summed E-state index contributed by atoms with van der Waals surface area (Å²) in [6.07, 6.45) is 3.54. The zero-order valence-corrected chi connectivity index (χ0v) is 14.2. The van der Waals surface area contributed by atoms with Crippen LogP contribution in [0.15, 0.2) is 0 Å². The fourth-order valence-corrected chi connectivity index (χ4v) is 2.17. The van der Waals surface area contributed by atoms with Crippen molar-refractivity contribution in [3.8, 4) is 0 Å². The van der Waals surface area contributed by atoms with E-state index in [4.69, 9.17) is 14.2 Å². The SMILES string of the molecule is CCCCCOCC(=O)NC1(C(=O)OC(C)(C)C)CCOC1. The number of unbranched alkanes of at least 4 members (excludes halogenated alkanes) is 2. The molecule has 0 aliphatic carbocycles. The predicted molar refractivity (Wildman–Crippen MR) is 82.5 cm³/mol. The lowest BCUT2D eigenvalue weighted by Gasteiger charge is -2.30. The van der Waals surface area contributed by atoms with Crippen molar-refractivity contribution in [2.24, 2.45) is 0 Å². The average molecular weight is 315 g/mol. The molecule has 6 nitrogen and oxygen atoms in total. The molecule has 22 heavy (non-hydrogen) atoms. The van der Waals surface area contributed by atoms with Gasteiger partial charge in [0.25, 0.3) is 0 Å². The van der Waals surface area contributed by atoms with Gasteiger partial charge in [-0.05, 0) is 27.2 Å². The highest BCUT2D eigenvalue weighted by Crippen LogP contribution is 2.23. The molecule has 6 heteroatoms. The number of amides is 1. The number of hydrogen-bond acceptors (Lipinski definition) is 5. The standard InChI is InChI=1S/C16H29NO5/c1-5-6-7-9-20-11-13(18)17-16(8-10-21-12-16)14(19)22-15(2,3)4/h5-12H2,1-4H3,(H,17,18). The summed E-state index contributed by atoms with van der Waals surface area (Å²) in [5.74, 6) is -0.760. The molecule has 1 aliphatic rings. The van der Waals surface area contributed by atoms with Gasteiger partial charge < -0.3 is 19.5 Å². The third kappa shape index (κ3) is 6.32. The first-order valence-electron chi connectivity index (χ1n) is 7.99. The van der Waals surface area contributed by atoms with Gasteiger partial charge in [0.1, 0.15) is 12.2 Å². The molecule has 0 bridgehead atoms. The largest absolute Gasteiger partial charge is 0.458 e. The Morgan fingerprint density at radius 3 is 2.55 bits per heavy atom. The minimum Gasteiger partial charge on any atom is -0.458 e. The summed E-state index contributed by atoms with van der Waals surface area (Å²) in [5, 5.41) is 2.74. The van der Waals surface area contributed by atoms with Crippen LogP contribution in [-0.2, 0) is 23.8 Å². The van der Waals surface area contributed by atoms with Gasteiger partial charge in [0.2, 0.25) is 5.91 Å². The van der Waals surface area contributed by atoms with E-state index in [9.17, 15) is 9.59 Å². The van der Waals surface area contributed by atoms with Crippen molar-refractivity contribution >= 4 is 11.9 Å². The van der Waals surface area contributed by atoms with Crippen molar-refractivity contribution < 1.29 is 23.8 Å². The summed E-state index contributed by atoms with van der Waals surface area (Å²) in [4.78, 5) is 24.4. The van der Waals surface area contributed by atoms with Crippen LogP contribution in [0.3, 0.4) is 0 Å². The van der Waals surface area contributed by atoms with Crippen molar-refractivity contribution in [2.45, 2.75) is 64.5 Å². The fraction of sp³-hybridized carbons (Fsp3) is 0.875. The lowest BCUT2D eigenvalue weighted by Crippen LogP contribution is -2.57. The van der Waals surface area contributed by atoms with E-state index < -0.39 is 17.1 Å². The molecular formula is C16H29NO5. The van der Waals surface area contributed by atoms with Crippen LogP contribution in [0, 0.1) is 0 Å². The van der Waals surface area contributed by atoms with Crippen LogP contribution in [0.4, 0.5) is 0 Å². The topological polar surface area (TPSA) is 73.9 Å². The summed E-state index contributed by atoms with van der Waals surface area (Å²) in [6, 6.07) is 0.